The molecule has 0 unspecified atom stereocenters. The lowest BCUT2D eigenvalue weighted by molar-refractivity contribution is -0.137. The highest BCUT2D eigenvalue weighted by Gasteiger charge is 2.40. The molecule has 3 aromatic rings. The first-order valence-corrected chi connectivity index (χ1v) is 11.7. The Morgan fingerprint density at radius 3 is 2.52 bits per heavy atom. The number of β-amino-alcohol motifs (C(OH)–C–C–N with tert-alkyl or cyclic N) is 1. The quantitative estimate of drug-likeness (QED) is 0.610. The average molecular weight is 481 g/mol. The minimum absolute atomic E-state index is 0.0184. The van der Waals surface area contributed by atoms with Gasteiger partial charge in [-0.05, 0) is 30.3 Å². The van der Waals surface area contributed by atoms with E-state index < -0.39 is 38.8 Å². The number of halogens is 3. The third-order valence-corrected chi connectivity index (χ3v) is 6.80. The number of pyridine rings is 2. The lowest BCUT2D eigenvalue weighted by Gasteiger charge is -2.15. The molecule has 2 atom stereocenters. The molecule has 1 N–H and O–H groups in total. The molecule has 1 aliphatic rings. The van der Waals surface area contributed by atoms with E-state index in [4.69, 9.17) is 4.74 Å². The molecular formula is C21H18F3N3O5S. The van der Waals surface area contributed by atoms with Crippen LogP contribution in [0, 0.1) is 0 Å². The smallest absolute Gasteiger partial charge is 0.417 e. The molecule has 0 bridgehead atoms. The number of fused-ring (bicyclic) bond motifs is 1. The molecule has 0 aliphatic carbocycles. The average Bonchev–Trinajstić information content (AvgIpc) is 3.15. The van der Waals surface area contributed by atoms with Crippen molar-refractivity contribution in [3.05, 3.63) is 59.9 Å². The number of alkyl halides is 3. The van der Waals surface area contributed by atoms with Gasteiger partial charge in [0.25, 0.3) is 5.91 Å². The largest absolute Gasteiger partial charge is 0.439 e. The summed E-state index contributed by atoms with van der Waals surface area (Å²) >= 11 is 0. The highest BCUT2D eigenvalue weighted by atomic mass is 32.2. The standard InChI is InChI=1S/C21H18F3N3O5S/c1-33(30,31)18-11-27(10-17(18)28)20(29)16-5-2-12-8-14(4-6-15(12)26-16)32-19-7-3-13(9-25-19)21(22,23)24/h2-9,17-18,28H,10-11H2,1H3/t17-,18-/m1/s1. The number of carbonyl (C=O) groups is 1. The van der Waals surface area contributed by atoms with E-state index in [0.717, 1.165) is 18.4 Å². The van der Waals surface area contributed by atoms with Crippen molar-refractivity contribution >= 4 is 26.6 Å². The summed E-state index contributed by atoms with van der Waals surface area (Å²) in [4.78, 5) is 22.0. The van der Waals surface area contributed by atoms with Crippen LogP contribution in [-0.4, -0.2) is 65.0 Å². The van der Waals surface area contributed by atoms with E-state index in [1.165, 1.54) is 17.0 Å². The Balaban J connectivity index is 1.51. The zero-order chi connectivity index (χ0) is 24.0. The van der Waals surface area contributed by atoms with E-state index in [-0.39, 0.29) is 24.7 Å². The number of rotatable bonds is 4. The fourth-order valence-electron chi connectivity index (χ4n) is 3.52. The van der Waals surface area contributed by atoms with Crippen LogP contribution in [-0.2, 0) is 16.0 Å². The van der Waals surface area contributed by atoms with E-state index in [9.17, 15) is 31.5 Å². The summed E-state index contributed by atoms with van der Waals surface area (Å²) in [5, 5.41) is 9.56. The third kappa shape index (κ3) is 4.91. The molecule has 1 aliphatic heterocycles. The monoisotopic (exact) mass is 481 g/mol. The number of carbonyl (C=O) groups excluding carboxylic acids is 1. The van der Waals surface area contributed by atoms with Crippen LogP contribution in [0.1, 0.15) is 16.1 Å². The highest BCUT2D eigenvalue weighted by Crippen LogP contribution is 2.30. The van der Waals surface area contributed by atoms with Gasteiger partial charge in [-0.3, -0.25) is 4.79 Å². The molecule has 1 aromatic carbocycles. The van der Waals surface area contributed by atoms with E-state index in [0.29, 0.717) is 22.8 Å². The van der Waals surface area contributed by atoms with Gasteiger partial charge < -0.3 is 14.7 Å². The molecule has 0 radical (unpaired) electrons. The van der Waals surface area contributed by atoms with Crippen LogP contribution in [0.4, 0.5) is 13.2 Å². The number of aliphatic hydroxyl groups excluding tert-OH is 1. The number of ether oxygens (including phenoxy) is 1. The van der Waals surface area contributed by atoms with Gasteiger partial charge in [0, 0.05) is 37.0 Å². The molecule has 12 heteroatoms. The van der Waals surface area contributed by atoms with Crippen LogP contribution < -0.4 is 4.74 Å². The predicted octanol–water partition coefficient (Wildman–Crippen LogP) is 2.67. The first-order valence-electron chi connectivity index (χ1n) is 9.70. The normalized spacial score (nSPS) is 19.1. The molecular weight excluding hydrogens is 463 g/mol. The van der Waals surface area contributed by atoms with Crippen LogP contribution in [0.3, 0.4) is 0 Å². The van der Waals surface area contributed by atoms with Gasteiger partial charge in [0.2, 0.25) is 5.88 Å². The Bertz CT molecular complexity index is 1310. The Morgan fingerprint density at radius 2 is 1.91 bits per heavy atom. The second-order valence-electron chi connectivity index (χ2n) is 7.68. The van der Waals surface area contributed by atoms with Gasteiger partial charge in [0.1, 0.15) is 16.7 Å². The maximum atomic E-state index is 12.8. The number of hydrogen-bond acceptors (Lipinski definition) is 7. The van der Waals surface area contributed by atoms with Gasteiger partial charge in [0.05, 0.1) is 17.2 Å². The van der Waals surface area contributed by atoms with E-state index >= 15 is 0 Å². The number of aliphatic hydroxyl groups is 1. The van der Waals surface area contributed by atoms with E-state index in [1.54, 1.807) is 18.2 Å². The number of benzene rings is 1. The van der Waals surface area contributed by atoms with Gasteiger partial charge in [-0.2, -0.15) is 13.2 Å². The Kier molecular flexibility index (Phi) is 5.74. The molecule has 2 aromatic heterocycles. The predicted molar refractivity (Wildman–Crippen MR) is 112 cm³/mol. The van der Waals surface area contributed by atoms with Crippen LogP contribution in [0.15, 0.2) is 48.7 Å². The molecule has 1 amide bonds. The third-order valence-electron chi connectivity index (χ3n) is 5.24. The minimum Gasteiger partial charge on any atom is -0.439 e. The Hall–Kier alpha value is -3.25. The topological polar surface area (TPSA) is 110 Å². The lowest BCUT2D eigenvalue weighted by Crippen LogP contribution is -2.33. The molecule has 0 spiro atoms. The SMILES string of the molecule is CS(=O)(=O)[C@@H]1CN(C(=O)c2ccc3cc(Oc4ccc(C(F)(F)F)cn4)ccc3n2)C[C@H]1O. The lowest BCUT2D eigenvalue weighted by atomic mass is 10.2. The Morgan fingerprint density at radius 1 is 1.15 bits per heavy atom. The van der Waals surface area contributed by atoms with Crippen molar-refractivity contribution in [1.82, 2.24) is 14.9 Å². The molecule has 4 rings (SSSR count). The van der Waals surface area contributed by atoms with Gasteiger partial charge >= 0.3 is 6.18 Å². The highest BCUT2D eigenvalue weighted by molar-refractivity contribution is 7.91. The minimum atomic E-state index is -4.49. The van der Waals surface area contributed by atoms with Gasteiger partial charge in [-0.15, -0.1) is 0 Å². The zero-order valence-corrected chi connectivity index (χ0v) is 18.0. The maximum Gasteiger partial charge on any atom is 0.417 e. The molecule has 33 heavy (non-hydrogen) atoms. The molecule has 3 heterocycles. The van der Waals surface area contributed by atoms with Crippen LogP contribution in [0.25, 0.3) is 10.9 Å². The van der Waals surface area contributed by atoms with E-state index in [2.05, 4.69) is 9.97 Å². The second-order valence-corrected chi connectivity index (χ2v) is 9.95. The van der Waals surface area contributed by atoms with Crippen LogP contribution in [0.2, 0.25) is 0 Å². The number of nitrogens with zero attached hydrogens (tertiary/aromatic N) is 3. The molecule has 8 nitrogen and oxygen atoms in total. The number of hydrogen-bond donors (Lipinski definition) is 1. The number of aromatic nitrogens is 2. The van der Waals surface area contributed by atoms with E-state index in [1.807, 2.05) is 0 Å². The fraction of sp³-hybridized carbons (Fsp3) is 0.286. The summed E-state index contributed by atoms with van der Waals surface area (Å²) in [6, 6.07) is 9.75. The Labute approximate surface area is 186 Å². The van der Waals surface area contributed by atoms with Crippen molar-refractivity contribution in [3.8, 4) is 11.6 Å². The van der Waals surface area contributed by atoms with Gasteiger partial charge in [-0.25, -0.2) is 18.4 Å². The van der Waals surface area contributed by atoms with Gasteiger partial charge in [-0.1, -0.05) is 6.07 Å². The van der Waals surface area contributed by atoms with Gasteiger partial charge in [0.15, 0.2) is 9.84 Å². The second kappa shape index (κ2) is 8.27. The van der Waals surface area contributed by atoms with Crippen LogP contribution >= 0.6 is 0 Å². The van der Waals surface area contributed by atoms with Crippen molar-refractivity contribution in [2.45, 2.75) is 17.5 Å². The summed E-state index contributed by atoms with van der Waals surface area (Å²) in [5.74, 6) is -0.208. The van der Waals surface area contributed by atoms with Crippen molar-refractivity contribution in [2.75, 3.05) is 19.3 Å². The fourth-order valence-corrected chi connectivity index (χ4v) is 4.63. The number of likely N-dealkylation sites (tertiary alicyclic amines) is 1. The maximum absolute atomic E-state index is 12.8. The summed E-state index contributed by atoms with van der Waals surface area (Å²) in [6.07, 6.45) is -3.96. The summed E-state index contributed by atoms with van der Waals surface area (Å²) < 4.78 is 67.0. The molecule has 174 valence electrons. The van der Waals surface area contributed by atoms with Crippen molar-refractivity contribution < 1.29 is 36.2 Å². The summed E-state index contributed by atoms with van der Waals surface area (Å²) in [5.41, 5.74) is -0.349. The zero-order valence-electron chi connectivity index (χ0n) is 17.2. The van der Waals surface area contributed by atoms with Crippen molar-refractivity contribution in [1.29, 1.82) is 0 Å². The first kappa shape index (κ1) is 22.9. The molecule has 1 fully saturated rings. The van der Waals surface area contributed by atoms with Crippen LogP contribution in [0.5, 0.6) is 11.6 Å². The summed E-state index contributed by atoms with van der Waals surface area (Å²) in [7, 11) is -3.51. The molecule has 1 saturated heterocycles. The number of amides is 1. The summed E-state index contributed by atoms with van der Waals surface area (Å²) in [6.45, 7) is -0.228. The van der Waals surface area contributed by atoms with Crippen molar-refractivity contribution in [2.24, 2.45) is 0 Å². The molecule has 0 saturated carbocycles. The number of sulfone groups is 1. The van der Waals surface area contributed by atoms with Crippen molar-refractivity contribution in [3.63, 3.8) is 0 Å². The first-order chi connectivity index (χ1) is 15.4.